The molecule has 2 nitrogen and oxygen atoms in total. The third kappa shape index (κ3) is 3.06. The quantitative estimate of drug-likeness (QED) is 0.723. The van der Waals surface area contributed by atoms with E-state index in [9.17, 15) is 4.39 Å². The average Bonchev–Trinajstić information content (AvgIpc) is 3.02. The van der Waals surface area contributed by atoms with Gasteiger partial charge in [0.15, 0.2) is 0 Å². The Kier molecular flexibility index (Phi) is 4.43. The van der Waals surface area contributed by atoms with E-state index < -0.39 is 0 Å². The minimum absolute atomic E-state index is 0.231. The summed E-state index contributed by atoms with van der Waals surface area (Å²) in [6, 6.07) is 12.7. The van der Waals surface area contributed by atoms with Crippen LogP contribution in [0.1, 0.15) is 12.6 Å². The third-order valence-electron chi connectivity index (χ3n) is 4.00. The molecule has 0 bridgehead atoms. The first-order valence-electron chi connectivity index (χ1n) is 7.80. The van der Waals surface area contributed by atoms with Crippen molar-refractivity contribution in [3.8, 4) is 11.1 Å². The molecule has 3 heteroatoms. The zero-order valence-electron chi connectivity index (χ0n) is 13.8. The number of aromatic nitrogens is 2. The van der Waals surface area contributed by atoms with Crippen LogP contribution in [0.3, 0.4) is 0 Å². The largest absolute Gasteiger partial charge is 0.340 e. The van der Waals surface area contributed by atoms with E-state index in [1.165, 1.54) is 6.07 Å². The fourth-order valence-electron chi connectivity index (χ4n) is 2.80. The molecule has 0 N–H and O–H groups in total. The normalized spacial score (nSPS) is 13.0. The molecule has 1 heterocycles. The molecule has 3 rings (SSSR count). The third-order valence-corrected chi connectivity index (χ3v) is 4.00. The Balaban J connectivity index is 2.24. The molecule has 0 fully saturated rings. The van der Waals surface area contributed by atoms with Gasteiger partial charge in [0.25, 0.3) is 0 Å². The van der Waals surface area contributed by atoms with Crippen molar-refractivity contribution in [1.29, 1.82) is 0 Å². The first-order chi connectivity index (χ1) is 11.6. The van der Waals surface area contributed by atoms with Gasteiger partial charge in [0.2, 0.25) is 0 Å². The summed E-state index contributed by atoms with van der Waals surface area (Å²) in [5.74, 6) is -0.231. The van der Waals surface area contributed by atoms with E-state index in [2.05, 4.69) is 17.6 Å². The fraction of sp³-hybridized carbons (Fsp3) is 0.0952. The summed E-state index contributed by atoms with van der Waals surface area (Å²) in [6.45, 7) is 5.93. The predicted molar refractivity (Wildman–Crippen MR) is 97.1 cm³/mol. The second kappa shape index (κ2) is 6.67. The number of hydrogen-bond donors (Lipinski definition) is 0. The molecule has 0 saturated heterocycles. The van der Waals surface area contributed by atoms with Crippen molar-refractivity contribution in [3.63, 3.8) is 0 Å². The van der Waals surface area contributed by atoms with Crippen molar-refractivity contribution in [1.82, 2.24) is 9.55 Å². The van der Waals surface area contributed by atoms with Crippen molar-refractivity contribution in [2.24, 2.45) is 7.05 Å². The lowest BCUT2D eigenvalue weighted by atomic mass is 10.0. The van der Waals surface area contributed by atoms with Gasteiger partial charge < -0.3 is 4.57 Å². The van der Waals surface area contributed by atoms with Gasteiger partial charge in [-0.25, -0.2) is 9.37 Å². The highest BCUT2D eigenvalue weighted by molar-refractivity contribution is 5.72. The van der Waals surface area contributed by atoms with Gasteiger partial charge in [-0.3, -0.25) is 0 Å². The topological polar surface area (TPSA) is 17.8 Å². The summed E-state index contributed by atoms with van der Waals surface area (Å²) in [6.07, 6.45) is 7.61. The number of allylic oxidation sites excluding steroid dienone is 1. The molecule has 0 amide bonds. The second-order valence-corrected chi connectivity index (χ2v) is 5.64. The van der Waals surface area contributed by atoms with E-state index in [-0.39, 0.29) is 5.82 Å². The average molecular weight is 318 g/mol. The van der Waals surface area contributed by atoms with Gasteiger partial charge in [-0.15, -0.1) is 0 Å². The number of aryl methyl sites for hydroxylation is 1. The lowest BCUT2D eigenvalue weighted by molar-refractivity contribution is 0.628. The van der Waals surface area contributed by atoms with Crippen LogP contribution < -0.4 is 10.4 Å². The molecule has 120 valence electrons. The molecule has 0 aliphatic carbocycles. The van der Waals surface area contributed by atoms with Gasteiger partial charge in [-0.2, -0.15) is 0 Å². The highest BCUT2D eigenvalue weighted by atomic mass is 19.1. The van der Waals surface area contributed by atoms with Crippen molar-refractivity contribution >= 4 is 11.6 Å². The monoisotopic (exact) mass is 318 g/mol. The van der Waals surface area contributed by atoms with E-state index in [1.807, 2.05) is 55.1 Å². The molecule has 24 heavy (non-hydrogen) atoms. The van der Waals surface area contributed by atoms with Crippen molar-refractivity contribution in [2.45, 2.75) is 6.92 Å². The Morgan fingerprint density at radius 3 is 2.58 bits per heavy atom. The summed E-state index contributed by atoms with van der Waals surface area (Å²) in [5.41, 5.74) is 3.71. The smallest absolute Gasteiger partial charge is 0.123 e. The van der Waals surface area contributed by atoms with Gasteiger partial charge in [-0.1, -0.05) is 43.0 Å². The summed E-state index contributed by atoms with van der Waals surface area (Å²) in [7, 11) is 1.94. The summed E-state index contributed by atoms with van der Waals surface area (Å²) in [5, 5.41) is 2.13. The molecular weight excluding hydrogens is 299 g/mol. The molecule has 0 radical (unpaired) electrons. The van der Waals surface area contributed by atoms with Gasteiger partial charge >= 0.3 is 0 Å². The Morgan fingerprint density at radius 1 is 1.17 bits per heavy atom. The number of nitrogens with zero attached hydrogens (tertiary/aromatic N) is 2. The first kappa shape index (κ1) is 15.9. The van der Waals surface area contributed by atoms with Crippen molar-refractivity contribution in [2.75, 3.05) is 0 Å². The van der Waals surface area contributed by atoms with Gasteiger partial charge in [0.1, 0.15) is 5.82 Å². The van der Waals surface area contributed by atoms with Gasteiger partial charge in [0.05, 0.1) is 12.0 Å². The van der Waals surface area contributed by atoms with Crippen LogP contribution in [0.2, 0.25) is 0 Å². The van der Waals surface area contributed by atoms with Gasteiger partial charge in [0, 0.05) is 18.8 Å². The van der Waals surface area contributed by atoms with Crippen LogP contribution in [0.5, 0.6) is 0 Å². The molecule has 0 aliphatic rings. The van der Waals surface area contributed by atoms with E-state index >= 15 is 0 Å². The number of hydrogen-bond acceptors (Lipinski definition) is 1. The fourth-order valence-corrected chi connectivity index (χ4v) is 2.80. The lowest BCUT2D eigenvalue weighted by Gasteiger charge is -2.05. The van der Waals surface area contributed by atoms with Crippen LogP contribution in [-0.4, -0.2) is 9.55 Å². The molecule has 0 unspecified atom stereocenters. The molecule has 0 saturated carbocycles. The summed E-state index contributed by atoms with van der Waals surface area (Å²) < 4.78 is 15.4. The Morgan fingerprint density at radius 2 is 1.96 bits per heavy atom. The summed E-state index contributed by atoms with van der Waals surface area (Å²) >= 11 is 0. The molecule has 2 aromatic carbocycles. The minimum atomic E-state index is -0.231. The Labute approximate surface area is 140 Å². The number of rotatable bonds is 3. The van der Waals surface area contributed by atoms with Crippen LogP contribution in [0, 0.1) is 5.82 Å². The van der Waals surface area contributed by atoms with E-state index in [4.69, 9.17) is 0 Å². The van der Waals surface area contributed by atoms with E-state index in [0.717, 1.165) is 32.8 Å². The minimum Gasteiger partial charge on any atom is -0.340 e. The van der Waals surface area contributed by atoms with Crippen LogP contribution in [0.4, 0.5) is 4.39 Å². The Bertz CT molecular complexity index is 1010. The lowest BCUT2D eigenvalue weighted by Crippen LogP contribution is -2.26. The molecule has 1 aromatic heterocycles. The maximum absolute atomic E-state index is 13.5. The standard InChI is InChI=1S/C21H19FN2/c1-4-15-11-17(16-7-6-8-18(22)12-16)9-10-20(15)19(5-2)21-13-24(3)14-23-21/h4-14H,2H2,1,3H3/b15-4-,20-19+. The van der Waals surface area contributed by atoms with Crippen molar-refractivity contribution < 1.29 is 4.39 Å². The zero-order valence-corrected chi connectivity index (χ0v) is 13.8. The van der Waals surface area contributed by atoms with Crippen molar-refractivity contribution in [3.05, 3.63) is 89.6 Å². The number of imidazole rings is 1. The molecular formula is C21H19FN2. The molecule has 0 spiro atoms. The molecule has 0 aliphatic heterocycles. The number of benzene rings is 2. The van der Waals surface area contributed by atoms with Gasteiger partial charge in [-0.05, 0) is 46.7 Å². The van der Waals surface area contributed by atoms with Crippen LogP contribution in [-0.2, 0) is 7.05 Å². The maximum Gasteiger partial charge on any atom is 0.123 e. The predicted octanol–water partition coefficient (Wildman–Crippen LogP) is 3.41. The highest BCUT2D eigenvalue weighted by Gasteiger charge is 2.05. The maximum atomic E-state index is 13.5. The first-order valence-corrected chi connectivity index (χ1v) is 7.80. The van der Waals surface area contributed by atoms with Crippen LogP contribution >= 0.6 is 0 Å². The molecule has 3 aromatic rings. The summed E-state index contributed by atoms with van der Waals surface area (Å²) in [4.78, 5) is 4.42. The van der Waals surface area contributed by atoms with E-state index in [1.54, 1.807) is 18.5 Å². The number of halogens is 1. The second-order valence-electron chi connectivity index (χ2n) is 5.64. The highest BCUT2D eigenvalue weighted by Crippen LogP contribution is 2.18. The zero-order chi connectivity index (χ0) is 17.1. The molecule has 0 atom stereocenters. The van der Waals surface area contributed by atoms with Crippen LogP contribution in [0.15, 0.2) is 67.6 Å². The van der Waals surface area contributed by atoms with E-state index in [0.29, 0.717) is 0 Å². The SMILES string of the molecule is C=C/C(c1cn(C)cn1)=c1/ccc(-c2cccc(F)c2)c/c1=C/C. The Hall–Kier alpha value is -2.94. The van der Waals surface area contributed by atoms with Crippen LogP contribution in [0.25, 0.3) is 22.8 Å².